The van der Waals surface area contributed by atoms with Gasteiger partial charge in [0.2, 0.25) is 0 Å². The van der Waals surface area contributed by atoms with Crippen molar-refractivity contribution in [2.75, 3.05) is 0 Å². The Labute approximate surface area is 85.1 Å². The molecule has 0 fully saturated rings. The van der Waals surface area contributed by atoms with Gasteiger partial charge in [-0.3, -0.25) is 14.8 Å². The third-order valence-electron chi connectivity index (χ3n) is 1.99. The van der Waals surface area contributed by atoms with Crippen LogP contribution in [0.3, 0.4) is 0 Å². The summed E-state index contributed by atoms with van der Waals surface area (Å²) in [6.45, 7) is 2.71. The Balaban J connectivity index is 2.32. The zero-order valence-corrected chi connectivity index (χ0v) is 8.07. The average Bonchev–Trinajstić information content (AvgIpc) is 2.86. The molecule has 0 saturated carbocycles. The SMILES string of the molecule is CCn1cc(-n2cc([N+](=O)[O-])cn2)cn1. The molecular weight excluding hydrogens is 198 g/mol. The highest BCUT2D eigenvalue weighted by Crippen LogP contribution is 2.12. The fourth-order valence-corrected chi connectivity index (χ4v) is 1.19. The normalized spacial score (nSPS) is 10.5. The van der Waals surface area contributed by atoms with Crippen molar-refractivity contribution in [1.82, 2.24) is 19.6 Å². The monoisotopic (exact) mass is 207 g/mol. The number of aryl methyl sites for hydroxylation is 1. The van der Waals surface area contributed by atoms with E-state index in [1.165, 1.54) is 17.1 Å². The smallest absolute Gasteiger partial charge is 0.271 e. The van der Waals surface area contributed by atoms with Crippen LogP contribution in [0.2, 0.25) is 0 Å². The summed E-state index contributed by atoms with van der Waals surface area (Å²) in [5.41, 5.74) is 0.684. The van der Waals surface area contributed by atoms with Crippen molar-refractivity contribution in [1.29, 1.82) is 0 Å². The van der Waals surface area contributed by atoms with E-state index in [4.69, 9.17) is 0 Å². The molecule has 0 spiro atoms. The van der Waals surface area contributed by atoms with Gasteiger partial charge in [0, 0.05) is 6.54 Å². The summed E-state index contributed by atoms with van der Waals surface area (Å²) in [6.07, 6.45) is 5.96. The second-order valence-electron chi connectivity index (χ2n) is 2.95. The van der Waals surface area contributed by atoms with Crippen LogP contribution < -0.4 is 0 Å². The van der Waals surface area contributed by atoms with E-state index in [9.17, 15) is 10.1 Å². The lowest BCUT2D eigenvalue weighted by Gasteiger charge is -1.93. The minimum Gasteiger partial charge on any atom is -0.271 e. The first-order valence-electron chi connectivity index (χ1n) is 4.42. The quantitative estimate of drug-likeness (QED) is 0.555. The largest absolute Gasteiger partial charge is 0.307 e. The lowest BCUT2D eigenvalue weighted by molar-refractivity contribution is -0.384. The van der Waals surface area contributed by atoms with Crippen LogP contribution in [0.5, 0.6) is 0 Å². The molecule has 0 radical (unpaired) electrons. The maximum atomic E-state index is 10.4. The molecule has 2 aromatic rings. The third kappa shape index (κ3) is 1.71. The topological polar surface area (TPSA) is 78.8 Å². The molecule has 2 heterocycles. The summed E-state index contributed by atoms with van der Waals surface area (Å²) in [7, 11) is 0. The zero-order valence-electron chi connectivity index (χ0n) is 8.07. The van der Waals surface area contributed by atoms with Gasteiger partial charge >= 0.3 is 5.69 Å². The van der Waals surface area contributed by atoms with Crippen molar-refractivity contribution in [2.45, 2.75) is 13.5 Å². The van der Waals surface area contributed by atoms with Gasteiger partial charge in [-0.2, -0.15) is 10.2 Å². The molecule has 0 saturated heterocycles. The van der Waals surface area contributed by atoms with Crippen LogP contribution in [0.15, 0.2) is 24.8 Å². The molecule has 2 rings (SSSR count). The molecule has 0 aliphatic carbocycles. The predicted octanol–water partition coefficient (Wildman–Crippen LogP) is 0.997. The highest BCUT2D eigenvalue weighted by Gasteiger charge is 2.10. The Morgan fingerprint density at radius 2 is 2.20 bits per heavy atom. The van der Waals surface area contributed by atoms with Crippen molar-refractivity contribution in [3.05, 3.63) is 34.9 Å². The van der Waals surface area contributed by atoms with Gasteiger partial charge in [0.25, 0.3) is 0 Å². The molecule has 0 atom stereocenters. The van der Waals surface area contributed by atoms with Crippen molar-refractivity contribution >= 4 is 5.69 Å². The van der Waals surface area contributed by atoms with Gasteiger partial charge in [-0.1, -0.05) is 0 Å². The molecule has 78 valence electrons. The Morgan fingerprint density at radius 3 is 2.73 bits per heavy atom. The van der Waals surface area contributed by atoms with Crippen LogP contribution in [0.4, 0.5) is 5.69 Å². The van der Waals surface area contributed by atoms with Gasteiger partial charge in [-0.25, -0.2) is 4.68 Å². The highest BCUT2D eigenvalue weighted by atomic mass is 16.6. The van der Waals surface area contributed by atoms with E-state index in [-0.39, 0.29) is 5.69 Å². The summed E-state index contributed by atoms with van der Waals surface area (Å²) in [5.74, 6) is 0. The van der Waals surface area contributed by atoms with E-state index in [1.54, 1.807) is 17.1 Å². The molecule has 0 aromatic carbocycles. The van der Waals surface area contributed by atoms with E-state index >= 15 is 0 Å². The van der Waals surface area contributed by atoms with Crippen LogP contribution >= 0.6 is 0 Å². The number of nitro groups is 1. The zero-order chi connectivity index (χ0) is 10.8. The summed E-state index contributed by atoms with van der Waals surface area (Å²) in [6, 6.07) is 0. The van der Waals surface area contributed by atoms with Gasteiger partial charge in [0.05, 0.1) is 17.3 Å². The number of aromatic nitrogens is 4. The molecule has 7 heteroatoms. The molecule has 0 unspecified atom stereocenters. The molecular formula is C8H9N5O2. The Bertz CT molecular complexity index is 487. The minimum absolute atomic E-state index is 0.0285. The number of nitrogens with zero attached hydrogens (tertiary/aromatic N) is 5. The van der Waals surface area contributed by atoms with Gasteiger partial charge in [0.15, 0.2) is 0 Å². The number of rotatable bonds is 3. The van der Waals surface area contributed by atoms with Crippen LogP contribution in [-0.4, -0.2) is 24.5 Å². The molecule has 15 heavy (non-hydrogen) atoms. The van der Waals surface area contributed by atoms with Crippen LogP contribution in [-0.2, 0) is 6.54 Å². The Morgan fingerprint density at radius 1 is 1.40 bits per heavy atom. The first-order chi connectivity index (χ1) is 7.20. The van der Waals surface area contributed by atoms with Gasteiger partial charge < -0.3 is 0 Å². The van der Waals surface area contributed by atoms with Crippen LogP contribution in [0.1, 0.15) is 6.92 Å². The molecule has 2 aromatic heterocycles. The molecule has 0 bridgehead atoms. The standard InChI is InChI=1S/C8H9N5O2/c1-2-11-5-7(3-9-11)12-6-8(4-10-12)13(14)15/h3-6H,2H2,1H3. The van der Waals surface area contributed by atoms with Crippen LogP contribution in [0.25, 0.3) is 5.69 Å². The first-order valence-corrected chi connectivity index (χ1v) is 4.42. The van der Waals surface area contributed by atoms with Gasteiger partial charge in [-0.05, 0) is 6.92 Å². The maximum absolute atomic E-state index is 10.4. The Hall–Kier alpha value is -2.18. The lowest BCUT2D eigenvalue weighted by Crippen LogP contribution is -1.94. The second kappa shape index (κ2) is 3.52. The van der Waals surface area contributed by atoms with E-state index in [1.807, 2.05) is 6.92 Å². The second-order valence-corrected chi connectivity index (χ2v) is 2.95. The molecule has 0 amide bonds. The predicted molar refractivity (Wildman–Crippen MR) is 51.7 cm³/mol. The Kier molecular flexibility index (Phi) is 2.20. The van der Waals surface area contributed by atoms with Crippen LogP contribution in [0, 0.1) is 10.1 Å². The van der Waals surface area contributed by atoms with E-state index in [2.05, 4.69) is 10.2 Å². The molecule has 7 nitrogen and oxygen atoms in total. The lowest BCUT2D eigenvalue weighted by atomic mass is 10.5. The number of hydrogen-bond donors (Lipinski definition) is 0. The fourth-order valence-electron chi connectivity index (χ4n) is 1.19. The average molecular weight is 207 g/mol. The first kappa shape index (κ1) is 9.38. The summed E-state index contributed by atoms with van der Waals surface area (Å²) >= 11 is 0. The van der Waals surface area contributed by atoms with Crippen molar-refractivity contribution in [3.63, 3.8) is 0 Å². The van der Waals surface area contributed by atoms with Crippen molar-refractivity contribution in [3.8, 4) is 5.69 Å². The molecule has 0 aliphatic rings. The molecule has 0 N–H and O–H groups in total. The van der Waals surface area contributed by atoms with Crippen molar-refractivity contribution < 1.29 is 4.92 Å². The number of hydrogen-bond acceptors (Lipinski definition) is 4. The van der Waals surface area contributed by atoms with Crippen molar-refractivity contribution in [2.24, 2.45) is 0 Å². The van der Waals surface area contributed by atoms with E-state index in [0.717, 1.165) is 6.54 Å². The molecule has 0 aliphatic heterocycles. The fraction of sp³-hybridized carbons (Fsp3) is 0.250. The van der Waals surface area contributed by atoms with E-state index < -0.39 is 4.92 Å². The summed E-state index contributed by atoms with van der Waals surface area (Å²) < 4.78 is 3.15. The summed E-state index contributed by atoms with van der Waals surface area (Å²) in [5, 5.41) is 18.4. The van der Waals surface area contributed by atoms with Gasteiger partial charge in [-0.15, -0.1) is 0 Å². The maximum Gasteiger partial charge on any atom is 0.307 e. The minimum atomic E-state index is -0.478. The van der Waals surface area contributed by atoms with Gasteiger partial charge in [0.1, 0.15) is 18.1 Å². The van der Waals surface area contributed by atoms with E-state index in [0.29, 0.717) is 5.69 Å². The summed E-state index contributed by atoms with van der Waals surface area (Å²) in [4.78, 5) is 9.96. The highest BCUT2D eigenvalue weighted by molar-refractivity contribution is 5.30. The third-order valence-corrected chi connectivity index (χ3v) is 1.99.